The monoisotopic (exact) mass is 238 g/mol. The summed E-state index contributed by atoms with van der Waals surface area (Å²) in [6.45, 7) is 0.803. The average Bonchev–Trinajstić information content (AvgIpc) is 3.11. The van der Waals surface area contributed by atoms with Crippen LogP contribution in [0.15, 0.2) is 0 Å². The molecule has 0 spiro atoms. The van der Waals surface area contributed by atoms with Crippen molar-refractivity contribution in [1.29, 1.82) is 0 Å². The molecule has 0 aromatic rings. The molecule has 4 nitrogen and oxygen atoms in total. The topological polar surface area (TPSA) is 49.4 Å². The van der Waals surface area contributed by atoms with Crippen LogP contribution in [0.1, 0.15) is 44.9 Å². The van der Waals surface area contributed by atoms with E-state index in [1.807, 2.05) is 0 Å². The normalized spacial score (nSPS) is 21.9. The fraction of sp³-hybridized carbons (Fsp3) is 0.846. The van der Waals surface area contributed by atoms with Crippen LogP contribution in [0.2, 0.25) is 0 Å². The molecule has 2 rings (SSSR count). The smallest absolute Gasteiger partial charge is 0.221 e. The average molecular weight is 238 g/mol. The SMILES string of the molecule is CN(CCC(=O)NC1CC1)C1CCC(=O)CC1. The second-order valence-electron chi connectivity index (χ2n) is 5.34. The lowest BCUT2D eigenvalue weighted by molar-refractivity contribution is -0.123. The van der Waals surface area contributed by atoms with E-state index in [1.165, 1.54) is 0 Å². The minimum absolute atomic E-state index is 0.172. The zero-order valence-corrected chi connectivity index (χ0v) is 10.6. The number of Topliss-reactive ketones (excluding diaryl/α,β-unsaturated/α-hetero) is 1. The number of ketones is 1. The molecule has 0 aromatic heterocycles. The van der Waals surface area contributed by atoms with Gasteiger partial charge < -0.3 is 10.2 Å². The standard InChI is InChI=1S/C13H22N2O2/c1-15(11-4-6-12(16)7-5-11)9-8-13(17)14-10-2-3-10/h10-11H,2-9H2,1H3,(H,14,17). The fourth-order valence-corrected chi connectivity index (χ4v) is 2.35. The molecule has 96 valence electrons. The first-order valence-corrected chi connectivity index (χ1v) is 6.66. The van der Waals surface area contributed by atoms with Gasteiger partial charge in [-0.1, -0.05) is 0 Å². The first-order chi connectivity index (χ1) is 8.15. The maximum absolute atomic E-state index is 11.5. The van der Waals surface area contributed by atoms with Gasteiger partial charge in [-0.2, -0.15) is 0 Å². The van der Waals surface area contributed by atoms with E-state index in [-0.39, 0.29) is 5.91 Å². The van der Waals surface area contributed by atoms with Crippen LogP contribution in [0.3, 0.4) is 0 Å². The highest BCUT2D eigenvalue weighted by Crippen LogP contribution is 2.20. The van der Waals surface area contributed by atoms with E-state index in [0.717, 1.165) is 32.2 Å². The van der Waals surface area contributed by atoms with Crippen molar-refractivity contribution in [1.82, 2.24) is 10.2 Å². The van der Waals surface area contributed by atoms with Gasteiger partial charge in [0.2, 0.25) is 5.91 Å². The third kappa shape index (κ3) is 4.11. The lowest BCUT2D eigenvalue weighted by atomic mass is 9.93. The van der Waals surface area contributed by atoms with Crippen molar-refractivity contribution in [2.45, 2.75) is 57.0 Å². The Kier molecular flexibility index (Phi) is 4.15. The summed E-state index contributed by atoms with van der Waals surface area (Å²) in [5.41, 5.74) is 0. The zero-order valence-electron chi connectivity index (χ0n) is 10.6. The maximum atomic E-state index is 11.5. The molecule has 2 saturated carbocycles. The van der Waals surface area contributed by atoms with Crippen LogP contribution in [0, 0.1) is 0 Å². The van der Waals surface area contributed by atoms with Gasteiger partial charge in [0.25, 0.3) is 0 Å². The molecule has 0 atom stereocenters. The van der Waals surface area contributed by atoms with E-state index < -0.39 is 0 Å². The van der Waals surface area contributed by atoms with Gasteiger partial charge in [0, 0.05) is 37.9 Å². The fourth-order valence-electron chi connectivity index (χ4n) is 2.35. The molecule has 4 heteroatoms. The van der Waals surface area contributed by atoms with Crippen molar-refractivity contribution in [2.24, 2.45) is 0 Å². The molecule has 0 unspecified atom stereocenters. The molecule has 1 amide bonds. The second kappa shape index (κ2) is 5.63. The molecule has 0 bridgehead atoms. The van der Waals surface area contributed by atoms with Crippen molar-refractivity contribution in [2.75, 3.05) is 13.6 Å². The van der Waals surface area contributed by atoms with Crippen molar-refractivity contribution >= 4 is 11.7 Å². The van der Waals surface area contributed by atoms with Crippen LogP contribution in [0.4, 0.5) is 0 Å². The van der Waals surface area contributed by atoms with E-state index in [1.54, 1.807) is 0 Å². The van der Waals surface area contributed by atoms with Gasteiger partial charge in [-0.25, -0.2) is 0 Å². The summed E-state index contributed by atoms with van der Waals surface area (Å²) in [4.78, 5) is 24.9. The highest BCUT2D eigenvalue weighted by atomic mass is 16.1. The molecule has 1 N–H and O–H groups in total. The number of hydrogen-bond donors (Lipinski definition) is 1. The summed E-state index contributed by atoms with van der Waals surface area (Å²) >= 11 is 0. The lowest BCUT2D eigenvalue weighted by Gasteiger charge is -2.30. The molecule has 0 saturated heterocycles. The molecule has 0 aromatic carbocycles. The predicted molar refractivity (Wildman–Crippen MR) is 65.7 cm³/mol. The van der Waals surface area contributed by atoms with E-state index >= 15 is 0 Å². The highest BCUT2D eigenvalue weighted by molar-refractivity contribution is 5.79. The molecule has 0 radical (unpaired) electrons. The van der Waals surface area contributed by atoms with Gasteiger partial charge in [0.1, 0.15) is 5.78 Å². The summed E-state index contributed by atoms with van der Waals surface area (Å²) in [7, 11) is 2.06. The Morgan fingerprint density at radius 3 is 2.53 bits per heavy atom. The molecule has 2 aliphatic rings. The van der Waals surface area contributed by atoms with Gasteiger partial charge in [0.05, 0.1) is 0 Å². The predicted octanol–water partition coefficient (Wildman–Crippen LogP) is 1.10. The number of rotatable bonds is 5. The maximum Gasteiger partial charge on any atom is 0.221 e. The van der Waals surface area contributed by atoms with E-state index in [0.29, 0.717) is 37.1 Å². The molecule has 17 heavy (non-hydrogen) atoms. The molecule has 2 fully saturated rings. The van der Waals surface area contributed by atoms with Crippen molar-refractivity contribution in [3.05, 3.63) is 0 Å². The summed E-state index contributed by atoms with van der Waals surface area (Å²) < 4.78 is 0. The number of hydrogen-bond acceptors (Lipinski definition) is 3. The molecule has 0 heterocycles. The van der Waals surface area contributed by atoms with Gasteiger partial charge in [-0.3, -0.25) is 9.59 Å². The Hall–Kier alpha value is -0.900. The Morgan fingerprint density at radius 1 is 1.29 bits per heavy atom. The van der Waals surface area contributed by atoms with E-state index in [4.69, 9.17) is 0 Å². The van der Waals surface area contributed by atoms with Crippen LogP contribution in [-0.4, -0.2) is 42.3 Å². The van der Waals surface area contributed by atoms with Crippen molar-refractivity contribution in [3.63, 3.8) is 0 Å². The Morgan fingerprint density at radius 2 is 1.94 bits per heavy atom. The minimum Gasteiger partial charge on any atom is -0.353 e. The first-order valence-electron chi connectivity index (χ1n) is 6.66. The Bertz CT molecular complexity index is 290. The number of carbonyl (C=O) groups excluding carboxylic acids is 2. The second-order valence-corrected chi connectivity index (χ2v) is 5.34. The quantitative estimate of drug-likeness (QED) is 0.780. The first kappa shape index (κ1) is 12.6. The van der Waals surface area contributed by atoms with Crippen LogP contribution < -0.4 is 5.32 Å². The van der Waals surface area contributed by atoms with Crippen molar-refractivity contribution < 1.29 is 9.59 Å². The van der Waals surface area contributed by atoms with Crippen LogP contribution in [0.25, 0.3) is 0 Å². The molecule has 0 aliphatic heterocycles. The van der Waals surface area contributed by atoms with Gasteiger partial charge in [-0.05, 0) is 32.7 Å². The van der Waals surface area contributed by atoms with Gasteiger partial charge >= 0.3 is 0 Å². The summed E-state index contributed by atoms with van der Waals surface area (Å²) in [6.07, 6.45) is 6.21. The van der Waals surface area contributed by atoms with Gasteiger partial charge in [0.15, 0.2) is 0 Å². The molecular formula is C13H22N2O2. The largest absolute Gasteiger partial charge is 0.353 e. The zero-order chi connectivity index (χ0) is 12.3. The van der Waals surface area contributed by atoms with Crippen molar-refractivity contribution in [3.8, 4) is 0 Å². The minimum atomic E-state index is 0.172. The summed E-state index contributed by atoms with van der Waals surface area (Å²) in [5, 5.41) is 3.00. The summed E-state index contributed by atoms with van der Waals surface area (Å²) in [5.74, 6) is 0.562. The number of amides is 1. The lowest BCUT2D eigenvalue weighted by Crippen LogP contribution is -2.38. The van der Waals surface area contributed by atoms with Crippen LogP contribution >= 0.6 is 0 Å². The highest BCUT2D eigenvalue weighted by Gasteiger charge is 2.25. The Balaban J connectivity index is 1.63. The van der Waals surface area contributed by atoms with Crippen LogP contribution in [-0.2, 0) is 9.59 Å². The van der Waals surface area contributed by atoms with E-state index in [2.05, 4.69) is 17.3 Å². The van der Waals surface area contributed by atoms with Gasteiger partial charge in [-0.15, -0.1) is 0 Å². The molecular weight excluding hydrogens is 216 g/mol. The van der Waals surface area contributed by atoms with Crippen LogP contribution in [0.5, 0.6) is 0 Å². The number of nitrogens with one attached hydrogen (secondary N) is 1. The molecule has 2 aliphatic carbocycles. The van der Waals surface area contributed by atoms with E-state index in [9.17, 15) is 9.59 Å². The third-order valence-electron chi connectivity index (χ3n) is 3.77. The Labute approximate surface area is 103 Å². The number of carbonyl (C=O) groups is 2. The third-order valence-corrected chi connectivity index (χ3v) is 3.77. The number of nitrogens with zero attached hydrogens (tertiary/aromatic N) is 1. The summed E-state index contributed by atoms with van der Waals surface area (Å²) in [6, 6.07) is 0.946.